The Hall–Kier alpha value is -4.32. The molecule has 4 atom stereocenters. The zero-order valence-corrected chi connectivity index (χ0v) is 20.4. The molecule has 2 bridgehead atoms. The lowest BCUT2D eigenvalue weighted by atomic mass is 9.65. The Balaban J connectivity index is 1.56. The van der Waals surface area contributed by atoms with Gasteiger partial charge in [0.2, 0.25) is 0 Å². The molecule has 4 aromatic rings. The van der Waals surface area contributed by atoms with Crippen molar-refractivity contribution in [1.29, 1.82) is 5.26 Å². The van der Waals surface area contributed by atoms with Crippen LogP contribution in [0, 0.1) is 40.7 Å². The second kappa shape index (κ2) is 9.53. The number of hydrogen-bond acceptors (Lipinski definition) is 5. The van der Waals surface area contributed by atoms with Crippen LogP contribution in [0.2, 0.25) is 0 Å². The van der Waals surface area contributed by atoms with Crippen LogP contribution in [0.25, 0.3) is 33.4 Å². The zero-order valence-electron chi connectivity index (χ0n) is 20.4. The van der Waals surface area contributed by atoms with Crippen molar-refractivity contribution in [2.45, 2.75) is 38.1 Å². The molecule has 0 aliphatic heterocycles. The van der Waals surface area contributed by atoms with E-state index in [0.717, 1.165) is 31.9 Å². The Labute approximate surface area is 217 Å². The Kier molecular flexibility index (Phi) is 6.03. The fourth-order valence-corrected chi connectivity index (χ4v) is 6.35. The molecule has 192 valence electrons. The lowest BCUT2D eigenvalue weighted by Crippen LogP contribution is -2.47. The number of carboxylic acid groups (broad SMARTS) is 1. The number of fused-ring (bicyclic) bond motifs is 3. The molecule has 3 N–H and O–H groups in total. The quantitative estimate of drug-likeness (QED) is 0.296. The number of halogens is 2. The number of aliphatic carboxylic acids is 1. The largest absolute Gasteiger partial charge is 0.481 e. The van der Waals surface area contributed by atoms with Crippen molar-refractivity contribution < 1.29 is 18.7 Å². The first-order valence-corrected chi connectivity index (χ1v) is 12.8. The number of rotatable bonds is 5. The summed E-state index contributed by atoms with van der Waals surface area (Å²) in [7, 11) is 0. The van der Waals surface area contributed by atoms with E-state index in [1.165, 1.54) is 6.07 Å². The predicted molar refractivity (Wildman–Crippen MR) is 138 cm³/mol. The van der Waals surface area contributed by atoms with Crippen LogP contribution in [0.1, 0.15) is 37.7 Å². The Bertz CT molecular complexity index is 1580. The van der Waals surface area contributed by atoms with Gasteiger partial charge >= 0.3 is 5.97 Å². The second-order valence-electron chi connectivity index (χ2n) is 10.2. The number of aromatic amines is 1. The van der Waals surface area contributed by atoms with Gasteiger partial charge in [-0.1, -0.05) is 43.2 Å². The fourth-order valence-electron chi connectivity index (χ4n) is 6.35. The van der Waals surface area contributed by atoms with E-state index in [9.17, 15) is 19.6 Å². The molecule has 1 aromatic carbocycles. The summed E-state index contributed by atoms with van der Waals surface area (Å²) in [6, 6.07) is 11.6. The summed E-state index contributed by atoms with van der Waals surface area (Å²) >= 11 is 0. The van der Waals surface area contributed by atoms with Gasteiger partial charge in [0.1, 0.15) is 17.5 Å². The molecule has 9 heteroatoms. The number of aromatic nitrogens is 3. The number of nitriles is 1. The van der Waals surface area contributed by atoms with Crippen LogP contribution in [0.5, 0.6) is 0 Å². The van der Waals surface area contributed by atoms with E-state index in [0.29, 0.717) is 34.5 Å². The maximum absolute atomic E-state index is 16.3. The van der Waals surface area contributed by atoms with Gasteiger partial charge in [0.25, 0.3) is 0 Å². The van der Waals surface area contributed by atoms with Crippen LogP contribution in [0.3, 0.4) is 0 Å². The molecule has 0 spiro atoms. The first-order chi connectivity index (χ1) is 18.4. The maximum atomic E-state index is 16.3. The first-order valence-electron chi connectivity index (χ1n) is 12.8. The van der Waals surface area contributed by atoms with Gasteiger partial charge < -0.3 is 15.4 Å². The van der Waals surface area contributed by atoms with Crippen LogP contribution in [0.4, 0.5) is 14.6 Å². The van der Waals surface area contributed by atoms with Crippen LogP contribution in [0.15, 0.2) is 48.8 Å². The average molecular weight is 514 g/mol. The van der Waals surface area contributed by atoms with Gasteiger partial charge in [-0.25, -0.2) is 18.7 Å². The van der Waals surface area contributed by atoms with E-state index in [4.69, 9.17) is 0 Å². The molecule has 2 aliphatic rings. The number of hydrogen-bond donors (Lipinski definition) is 3. The standard InChI is InChI=1S/C29H25F2N5O2/c30-18-11-19-22(14-34-27(19)33-13-18)26-21(12-32)23(16-6-2-1-3-7-16)24(31)28(36-26)35-25-17-8-4-5-15(9-17)10-20(25)29(37)38/h1-3,6-7,11,13-15,17,20,25H,4-5,8-10H2,(H,33,34)(H,35,36)(H,37,38). The van der Waals surface area contributed by atoms with Crippen LogP contribution in [-0.2, 0) is 4.79 Å². The molecule has 2 aliphatic carbocycles. The van der Waals surface area contributed by atoms with Gasteiger partial charge in [0.15, 0.2) is 11.6 Å². The summed E-state index contributed by atoms with van der Waals surface area (Å²) < 4.78 is 30.4. The number of pyridine rings is 2. The Morgan fingerprint density at radius 3 is 2.76 bits per heavy atom. The van der Waals surface area contributed by atoms with E-state index in [1.54, 1.807) is 36.5 Å². The topological polar surface area (TPSA) is 115 Å². The van der Waals surface area contributed by atoms with Gasteiger partial charge in [-0.05, 0) is 42.7 Å². The number of carboxylic acids is 1. The average Bonchev–Trinajstić information content (AvgIpc) is 3.34. The van der Waals surface area contributed by atoms with E-state index in [1.807, 2.05) is 0 Å². The summed E-state index contributed by atoms with van der Waals surface area (Å²) in [5, 5.41) is 23.8. The molecule has 0 amide bonds. The molecule has 7 nitrogen and oxygen atoms in total. The highest BCUT2D eigenvalue weighted by molar-refractivity contribution is 5.96. The van der Waals surface area contributed by atoms with Crippen molar-refractivity contribution in [2.75, 3.05) is 5.32 Å². The molecule has 0 radical (unpaired) electrons. The SMILES string of the molecule is N#Cc1c(-c2c[nH]c3ncc(F)cc23)nc(NC2C3CCCC(C3)CC2C(=O)O)c(F)c1-c1ccccc1. The van der Waals surface area contributed by atoms with Gasteiger partial charge in [0.05, 0.1) is 23.4 Å². The van der Waals surface area contributed by atoms with Crippen LogP contribution >= 0.6 is 0 Å². The Morgan fingerprint density at radius 1 is 1.18 bits per heavy atom. The van der Waals surface area contributed by atoms with Crippen molar-refractivity contribution in [3.05, 3.63) is 66.0 Å². The highest BCUT2D eigenvalue weighted by Crippen LogP contribution is 2.45. The monoisotopic (exact) mass is 513 g/mol. The number of anilines is 1. The number of nitrogens with one attached hydrogen (secondary N) is 2. The minimum absolute atomic E-state index is 0.000528. The molecular weight excluding hydrogens is 488 g/mol. The fraction of sp³-hybridized carbons (Fsp3) is 0.310. The third-order valence-corrected chi connectivity index (χ3v) is 8.04. The second-order valence-corrected chi connectivity index (χ2v) is 10.2. The lowest BCUT2D eigenvalue weighted by Gasteiger charge is -2.44. The molecule has 0 saturated heterocycles. The highest BCUT2D eigenvalue weighted by Gasteiger charge is 2.44. The molecule has 38 heavy (non-hydrogen) atoms. The van der Waals surface area contributed by atoms with E-state index in [-0.39, 0.29) is 28.6 Å². The van der Waals surface area contributed by atoms with E-state index >= 15 is 4.39 Å². The number of benzene rings is 1. The molecule has 4 unspecified atom stereocenters. The lowest BCUT2D eigenvalue weighted by molar-refractivity contribution is -0.145. The van der Waals surface area contributed by atoms with Crippen LogP contribution < -0.4 is 5.32 Å². The van der Waals surface area contributed by atoms with Crippen molar-refractivity contribution in [2.24, 2.45) is 17.8 Å². The predicted octanol–water partition coefficient (Wildman–Crippen LogP) is 6.13. The molecular formula is C29H25F2N5O2. The van der Waals surface area contributed by atoms with Crippen molar-refractivity contribution in [3.63, 3.8) is 0 Å². The molecule has 6 rings (SSSR count). The molecule has 2 saturated carbocycles. The maximum Gasteiger partial charge on any atom is 0.308 e. The Morgan fingerprint density at radius 2 is 2.00 bits per heavy atom. The summed E-state index contributed by atoms with van der Waals surface area (Å²) in [6.07, 6.45) is 6.98. The summed E-state index contributed by atoms with van der Waals surface area (Å²) in [6.45, 7) is 0. The van der Waals surface area contributed by atoms with Gasteiger partial charge in [-0.2, -0.15) is 5.26 Å². The van der Waals surface area contributed by atoms with Crippen molar-refractivity contribution in [1.82, 2.24) is 15.0 Å². The minimum atomic E-state index is -0.908. The summed E-state index contributed by atoms with van der Waals surface area (Å²) in [5.74, 6) is -2.54. The van der Waals surface area contributed by atoms with E-state index < -0.39 is 29.6 Å². The summed E-state index contributed by atoms with van der Waals surface area (Å²) in [4.78, 5) is 23.9. The van der Waals surface area contributed by atoms with E-state index in [2.05, 4.69) is 26.3 Å². The molecule has 2 fully saturated rings. The third kappa shape index (κ3) is 4.06. The first kappa shape index (κ1) is 24.0. The number of nitrogens with zero attached hydrogens (tertiary/aromatic N) is 3. The van der Waals surface area contributed by atoms with Crippen molar-refractivity contribution >= 4 is 22.8 Å². The summed E-state index contributed by atoms with van der Waals surface area (Å²) in [5.41, 5.74) is 1.51. The molecule has 3 aromatic heterocycles. The number of carbonyl (C=O) groups is 1. The normalized spacial score (nSPS) is 22.7. The van der Waals surface area contributed by atoms with Crippen LogP contribution in [-0.4, -0.2) is 32.1 Å². The molecule has 3 heterocycles. The van der Waals surface area contributed by atoms with Gasteiger partial charge in [0, 0.05) is 28.8 Å². The third-order valence-electron chi connectivity index (χ3n) is 8.04. The smallest absolute Gasteiger partial charge is 0.308 e. The van der Waals surface area contributed by atoms with Crippen molar-refractivity contribution in [3.8, 4) is 28.5 Å². The minimum Gasteiger partial charge on any atom is -0.481 e. The number of H-pyrrole nitrogens is 1. The van der Waals surface area contributed by atoms with Gasteiger partial charge in [-0.15, -0.1) is 0 Å². The van der Waals surface area contributed by atoms with Gasteiger partial charge in [-0.3, -0.25) is 4.79 Å². The zero-order chi connectivity index (χ0) is 26.4. The highest BCUT2D eigenvalue weighted by atomic mass is 19.1.